The average Bonchev–Trinajstić information content (AvgIpc) is 3.43. The lowest BCUT2D eigenvalue weighted by Gasteiger charge is -2.31. The fraction of sp³-hybridized carbons (Fsp3) is 0.346. The molecule has 0 spiro atoms. The Kier molecular flexibility index (Phi) is 7.58. The Morgan fingerprint density at radius 1 is 1.13 bits per heavy atom. The van der Waals surface area contributed by atoms with Crippen LogP contribution in [0.2, 0.25) is 10.0 Å². The molecule has 3 heterocycles. The summed E-state index contributed by atoms with van der Waals surface area (Å²) in [5, 5.41) is 0.551. The minimum absolute atomic E-state index is 0.0994. The molecular formula is C26H25BrCl2N4O5S. The maximum atomic E-state index is 14.2. The van der Waals surface area contributed by atoms with Gasteiger partial charge in [0.1, 0.15) is 5.54 Å². The van der Waals surface area contributed by atoms with Crippen molar-refractivity contribution in [3.05, 3.63) is 68.7 Å². The van der Waals surface area contributed by atoms with Crippen LogP contribution in [0.5, 0.6) is 0 Å². The van der Waals surface area contributed by atoms with E-state index in [0.717, 1.165) is 10.0 Å². The Bertz CT molecular complexity index is 1530. The van der Waals surface area contributed by atoms with Gasteiger partial charge in [-0.25, -0.2) is 18.3 Å². The zero-order valence-electron chi connectivity index (χ0n) is 21.1. The van der Waals surface area contributed by atoms with Crippen molar-refractivity contribution in [1.82, 2.24) is 13.9 Å². The first kappa shape index (κ1) is 28.1. The summed E-state index contributed by atoms with van der Waals surface area (Å²) in [5.41, 5.74) is -0.116. The molecule has 2 aliphatic heterocycles. The van der Waals surface area contributed by atoms with E-state index in [1.54, 1.807) is 25.1 Å². The largest absolute Gasteiger partial charge is 0.469 e. The van der Waals surface area contributed by atoms with Gasteiger partial charge in [0.05, 0.1) is 24.9 Å². The van der Waals surface area contributed by atoms with Crippen molar-refractivity contribution in [3.8, 4) is 0 Å². The topological polar surface area (TPSA) is 102 Å². The minimum Gasteiger partial charge on any atom is -0.469 e. The van der Waals surface area contributed by atoms with E-state index in [4.69, 9.17) is 27.9 Å². The number of carbonyl (C=O) groups excluding carboxylic acids is 2. The number of hydrogen-bond acceptors (Lipinski definition) is 6. The van der Waals surface area contributed by atoms with Gasteiger partial charge in [0.2, 0.25) is 5.95 Å². The number of sulfonamides is 1. The van der Waals surface area contributed by atoms with Gasteiger partial charge in [0.25, 0.3) is 15.9 Å². The van der Waals surface area contributed by atoms with Crippen molar-refractivity contribution in [2.45, 2.75) is 36.8 Å². The molecule has 0 N–H and O–H groups in total. The summed E-state index contributed by atoms with van der Waals surface area (Å²) in [6.07, 6.45) is 2.17. The number of piperidine rings is 1. The first-order chi connectivity index (χ1) is 18.5. The van der Waals surface area contributed by atoms with E-state index < -0.39 is 15.6 Å². The highest BCUT2D eigenvalue weighted by molar-refractivity contribution is 9.10. The number of hydrogen-bond donors (Lipinski definition) is 0. The maximum absolute atomic E-state index is 14.2. The van der Waals surface area contributed by atoms with Gasteiger partial charge in [0, 0.05) is 34.0 Å². The molecule has 1 fully saturated rings. The molecule has 1 aromatic heterocycles. The molecule has 0 radical (unpaired) electrons. The number of benzene rings is 2. The number of amides is 1. The third-order valence-electron chi connectivity index (χ3n) is 7.23. The van der Waals surface area contributed by atoms with E-state index in [2.05, 4.69) is 20.9 Å². The van der Waals surface area contributed by atoms with Gasteiger partial charge in [-0.2, -0.15) is 4.31 Å². The summed E-state index contributed by atoms with van der Waals surface area (Å²) in [6, 6.07) is 12.2. The maximum Gasteiger partial charge on any atom is 0.308 e. The molecule has 0 saturated carbocycles. The van der Waals surface area contributed by atoms with Crippen molar-refractivity contribution < 1.29 is 22.7 Å². The van der Waals surface area contributed by atoms with Crippen LogP contribution in [0.25, 0.3) is 0 Å². The summed E-state index contributed by atoms with van der Waals surface area (Å²) in [7, 11) is -2.75. The molecule has 3 aromatic rings. The van der Waals surface area contributed by atoms with E-state index in [1.165, 1.54) is 27.1 Å². The number of ether oxygens (including phenoxy) is 1. The Hall–Kier alpha value is -2.44. The van der Waals surface area contributed by atoms with E-state index in [9.17, 15) is 18.0 Å². The fourth-order valence-corrected chi connectivity index (χ4v) is 7.68. The number of halogens is 3. The smallest absolute Gasteiger partial charge is 0.308 e. The van der Waals surface area contributed by atoms with Crippen molar-refractivity contribution in [2.24, 2.45) is 5.92 Å². The summed E-state index contributed by atoms with van der Waals surface area (Å²) in [6.45, 7) is 2.00. The summed E-state index contributed by atoms with van der Waals surface area (Å²) in [4.78, 5) is 31.9. The Morgan fingerprint density at radius 2 is 1.74 bits per heavy atom. The molecule has 1 amide bonds. The van der Waals surface area contributed by atoms with Gasteiger partial charge in [-0.3, -0.25) is 14.2 Å². The number of aromatic nitrogens is 2. The van der Waals surface area contributed by atoms with E-state index in [0.29, 0.717) is 28.6 Å². The molecule has 1 atom stereocenters. The molecule has 39 heavy (non-hydrogen) atoms. The van der Waals surface area contributed by atoms with Crippen LogP contribution in [0.3, 0.4) is 0 Å². The van der Waals surface area contributed by atoms with Gasteiger partial charge in [-0.05, 0) is 55.7 Å². The molecule has 1 unspecified atom stereocenters. The van der Waals surface area contributed by atoms with Crippen LogP contribution in [0, 0.1) is 5.92 Å². The van der Waals surface area contributed by atoms with Gasteiger partial charge < -0.3 is 4.74 Å². The first-order valence-electron chi connectivity index (χ1n) is 12.2. The van der Waals surface area contributed by atoms with Crippen molar-refractivity contribution >= 4 is 72.7 Å². The molecule has 206 valence electrons. The lowest BCUT2D eigenvalue weighted by Crippen LogP contribution is -2.44. The molecule has 1 saturated heterocycles. The van der Waals surface area contributed by atoms with Crippen LogP contribution in [0.1, 0.15) is 25.3 Å². The Morgan fingerprint density at radius 3 is 2.33 bits per heavy atom. The van der Waals surface area contributed by atoms with Crippen LogP contribution in [-0.2, 0) is 36.3 Å². The number of carbonyl (C=O) groups is 2. The normalized spacial score (nSPS) is 20.3. The summed E-state index contributed by atoms with van der Waals surface area (Å²) in [5.74, 6) is -0.917. The van der Waals surface area contributed by atoms with E-state index >= 15 is 0 Å². The first-order valence-corrected chi connectivity index (χ1v) is 15.2. The van der Waals surface area contributed by atoms with Crippen molar-refractivity contribution in [2.75, 3.05) is 25.1 Å². The summed E-state index contributed by atoms with van der Waals surface area (Å²) >= 11 is 15.9. The number of anilines is 2. The standard InChI is InChI=1S/C26H25BrCl2N4O5S/c1-26(14-16-3-5-18(27)6-4-16)24(35)32(21-12-19(28)11-20(29)13-21)25-30-15-22(33(25)26)39(36,37)31-9-7-17(8-10-31)23(34)38-2/h3-6,11-13,15,17H,7-10,14H2,1-2H3. The zero-order chi connectivity index (χ0) is 28.1. The number of rotatable bonds is 6. The second-order valence-electron chi connectivity index (χ2n) is 9.78. The third-order valence-corrected chi connectivity index (χ3v) is 10.1. The number of imidazole rings is 1. The molecule has 2 aromatic carbocycles. The molecule has 2 aliphatic rings. The molecule has 9 nitrogen and oxygen atoms in total. The lowest BCUT2D eigenvalue weighted by molar-refractivity contribution is -0.146. The van der Waals surface area contributed by atoms with Crippen LogP contribution >= 0.6 is 39.1 Å². The minimum atomic E-state index is -4.07. The highest BCUT2D eigenvalue weighted by Crippen LogP contribution is 2.45. The van der Waals surface area contributed by atoms with Crippen LogP contribution in [-0.4, -0.2) is 54.3 Å². The second-order valence-corrected chi connectivity index (χ2v) is 13.5. The fourth-order valence-electron chi connectivity index (χ4n) is 5.24. The average molecular weight is 656 g/mol. The van der Waals surface area contributed by atoms with Crippen molar-refractivity contribution in [3.63, 3.8) is 0 Å². The highest BCUT2D eigenvalue weighted by atomic mass is 79.9. The predicted molar refractivity (Wildman–Crippen MR) is 151 cm³/mol. The van der Waals surface area contributed by atoms with Gasteiger partial charge in [-0.15, -0.1) is 0 Å². The number of nitrogens with zero attached hydrogens (tertiary/aromatic N) is 4. The molecule has 5 rings (SSSR count). The van der Waals surface area contributed by atoms with Crippen molar-refractivity contribution in [1.29, 1.82) is 0 Å². The zero-order valence-corrected chi connectivity index (χ0v) is 25.0. The molecule has 13 heteroatoms. The van der Waals surface area contributed by atoms with Gasteiger partial charge in [0.15, 0.2) is 5.03 Å². The molecule has 0 aliphatic carbocycles. The quantitative estimate of drug-likeness (QED) is 0.340. The van der Waals surface area contributed by atoms with E-state index in [-0.39, 0.29) is 48.3 Å². The molecule has 0 bridgehead atoms. The Balaban J connectivity index is 1.60. The van der Waals surface area contributed by atoms with Gasteiger partial charge in [-0.1, -0.05) is 51.3 Å². The second kappa shape index (κ2) is 10.5. The van der Waals surface area contributed by atoms with Crippen LogP contribution < -0.4 is 4.90 Å². The Labute approximate surface area is 244 Å². The predicted octanol–water partition coefficient (Wildman–Crippen LogP) is 5.16. The van der Waals surface area contributed by atoms with E-state index in [1.807, 2.05) is 24.3 Å². The van der Waals surface area contributed by atoms with Crippen LogP contribution in [0.4, 0.5) is 11.6 Å². The monoisotopic (exact) mass is 654 g/mol. The SMILES string of the molecule is COC(=O)C1CCN(S(=O)(=O)c2cnc3n2C(C)(Cc2ccc(Br)cc2)C(=O)N3c2cc(Cl)cc(Cl)c2)CC1. The summed E-state index contributed by atoms with van der Waals surface area (Å²) < 4.78 is 36.5. The number of fused-ring (bicyclic) bond motifs is 1. The lowest BCUT2D eigenvalue weighted by atomic mass is 9.92. The van der Waals surface area contributed by atoms with Crippen LogP contribution in [0.15, 0.2) is 58.2 Å². The van der Waals surface area contributed by atoms with Gasteiger partial charge >= 0.3 is 5.97 Å². The number of esters is 1. The third kappa shape index (κ3) is 4.99. The number of methoxy groups -OCH3 is 1. The molecular weight excluding hydrogens is 631 g/mol. The highest BCUT2D eigenvalue weighted by Gasteiger charge is 2.52.